The SMILES string of the molecule is CC(C)(C)c1ncn(CC(F)F)c(=O)c1C(=O)O. The number of carbonyl (C=O) groups is 1. The van der Waals surface area contributed by atoms with E-state index in [-0.39, 0.29) is 5.69 Å². The highest BCUT2D eigenvalue weighted by Crippen LogP contribution is 2.21. The molecule has 1 N–H and O–H groups in total. The fourth-order valence-corrected chi connectivity index (χ4v) is 1.53. The second-order valence-corrected chi connectivity index (χ2v) is 4.87. The van der Waals surface area contributed by atoms with Gasteiger partial charge in [0.15, 0.2) is 0 Å². The monoisotopic (exact) mass is 260 g/mol. The molecule has 0 spiro atoms. The largest absolute Gasteiger partial charge is 0.477 e. The first-order valence-electron chi connectivity index (χ1n) is 5.26. The molecule has 0 saturated carbocycles. The van der Waals surface area contributed by atoms with E-state index in [0.717, 1.165) is 6.33 Å². The van der Waals surface area contributed by atoms with Crippen LogP contribution in [-0.2, 0) is 12.0 Å². The minimum Gasteiger partial charge on any atom is -0.477 e. The van der Waals surface area contributed by atoms with Crippen LogP contribution in [0.5, 0.6) is 0 Å². The summed E-state index contributed by atoms with van der Waals surface area (Å²) in [4.78, 5) is 26.7. The van der Waals surface area contributed by atoms with Gasteiger partial charge in [-0.1, -0.05) is 20.8 Å². The van der Waals surface area contributed by atoms with Gasteiger partial charge in [-0.25, -0.2) is 18.6 Å². The van der Waals surface area contributed by atoms with E-state index in [9.17, 15) is 18.4 Å². The summed E-state index contributed by atoms with van der Waals surface area (Å²) in [5.74, 6) is -1.46. The van der Waals surface area contributed by atoms with Crippen molar-refractivity contribution < 1.29 is 18.7 Å². The number of carboxylic acid groups (broad SMARTS) is 1. The van der Waals surface area contributed by atoms with Crippen LogP contribution >= 0.6 is 0 Å². The highest BCUT2D eigenvalue weighted by atomic mass is 19.3. The topological polar surface area (TPSA) is 72.2 Å². The lowest BCUT2D eigenvalue weighted by Gasteiger charge is -2.20. The van der Waals surface area contributed by atoms with Crippen molar-refractivity contribution in [1.82, 2.24) is 9.55 Å². The molecule has 1 heterocycles. The lowest BCUT2D eigenvalue weighted by atomic mass is 9.89. The normalized spacial score (nSPS) is 11.9. The molecule has 0 aliphatic carbocycles. The molecule has 7 heteroatoms. The van der Waals surface area contributed by atoms with E-state index in [4.69, 9.17) is 5.11 Å². The molecule has 18 heavy (non-hydrogen) atoms. The van der Waals surface area contributed by atoms with Gasteiger partial charge >= 0.3 is 5.97 Å². The number of aromatic nitrogens is 2. The van der Waals surface area contributed by atoms with Gasteiger partial charge in [-0.05, 0) is 0 Å². The Morgan fingerprint density at radius 2 is 2.06 bits per heavy atom. The Hall–Kier alpha value is -1.79. The average Bonchev–Trinajstić information content (AvgIpc) is 2.17. The summed E-state index contributed by atoms with van der Waals surface area (Å²) in [5, 5.41) is 9.03. The molecule has 0 fully saturated rings. The summed E-state index contributed by atoms with van der Waals surface area (Å²) in [7, 11) is 0. The van der Waals surface area contributed by atoms with Crippen LogP contribution in [0.15, 0.2) is 11.1 Å². The Morgan fingerprint density at radius 1 is 1.50 bits per heavy atom. The number of nitrogens with zero attached hydrogens (tertiary/aromatic N) is 2. The number of aromatic carboxylic acids is 1. The van der Waals surface area contributed by atoms with Gasteiger partial charge in [0.25, 0.3) is 12.0 Å². The van der Waals surface area contributed by atoms with Crippen LogP contribution < -0.4 is 5.56 Å². The van der Waals surface area contributed by atoms with E-state index in [1.807, 2.05) is 0 Å². The zero-order valence-electron chi connectivity index (χ0n) is 10.3. The third-order valence-corrected chi connectivity index (χ3v) is 2.30. The molecule has 100 valence electrons. The van der Waals surface area contributed by atoms with Crippen molar-refractivity contribution in [1.29, 1.82) is 0 Å². The van der Waals surface area contributed by atoms with Crippen molar-refractivity contribution in [2.45, 2.75) is 39.2 Å². The van der Waals surface area contributed by atoms with Crippen molar-refractivity contribution >= 4 is 5.97 Å². The van der Waals surface area contributed by atoms with Crippen LogP contribution in [-0.4, -0.2) is 27.1 Å². The van der Waals surface area contributed by atoms with E-state index >= 15 is 0 Å². The molecular formula is C11H14F2N2O3. The molecule has 0 amide bonds. The minimum atomic E-state index is -2.74. The molecule has 1 rings (SSSR count). The van der Waals surface area contributed by atoms with E-state index in [1.54, 1.807) is 20.8 Å². The van der Waals surface area contributed by atoms with Gasteiger partial charge in [-0.2, -0.15) is 0 Å². The van der Waals surface area contributed by atoms with Crippen molar-refractivity contribution in [3.8, 4) is 0 Å². The zero-order chi connectivity index (χ0) is 14.1. The third kappa shape index (κ3) is 2.91. The molecule has 1 aromatic rings. The average molecular weight is 260 g/mol. The van der Waals surface area contributed by atoms with Gasteiger partial charge in [0, 0.05) is 5.41 Å². The first-order valence-corrected chi connectivity index (χ1v) is 5.26. The molecule has 1 aromatic heterocycles. The fourth-order valence-electron chi connectivity index (χ4n) is 1.53. The maximum absolute atomic E-state index is 12.2. The molecule has 0 atom stereocenters. The van der Waals surface area contributed by atoms with Crippen LogP contribution in [0.4, 0.5) is 8.78 Å². The summed E-state index contributed by atoms with van der Waals surface area (Å²) in [6, 6.07) is 0. The highest BCUT2D eigenvalue weighted by Gasteiger charge is 2.27. The molecule has 0 radical (unpaired) electrons. The van der Waals surface area contributed by atoms with Gasteiger partial charge in [0.05, 0.1) is 18.6 Å². The second kappa shape index (κ2) is 4.83. The highest BCUT2D eigenvalue weighted by molar-refractivity contribution is 5.88. The van der Waals surface area contributed by atoms with Crippen LogP contribution in [0.25, 0.3) is 0 Å². The number of hydrogen-bond donors (Lipinski definition) is 1. The minimum absolute atomic E-state index is 0.0884. The zero-order valence-corrected chi connectivity index (χ0v) is 10.3. The molecule has 0 bridgehead atoms. The predicted octanol–water partition coefficient (Wildman–Crippen LogP) is 1.50. The maximum atomic E-state index is 12.2. The number of alkyl halides is 2. The van der Waals surface area contributed by atoms with Gasteiger partial charge in [-0.15, -0.1) is 0 Å². The summed E-state index contributed by atoms with van der Waals surface area (Å²) >= 11 is 0. The van der Waals surface area contributed by atoms with Gasteiger partial charge in [0.2, 0.25) is 0 Å². The quantitative estimate of drug-likeness (QED) is 0.894. The fraction of sp³-hybridized carbons (Fsp3) is 0.545. The smallest absolute Gasteiger partial charge is 0.343 e. The Balaban J connectivity index is 3.48. The van der Waals surface area contributed by atoms with E-state index in [0.29, 0.717) is 4.57 Å². The number of hydrogen-bond acceptors (Lipinski definition) is 3. The predicted molar refractivity (Wildman–Crippen MR) is 60.2 cm³/mol. The summed E-state index contributed by atoms with van der Waals surface area (Å²) in [6.07, 6.45) is -1.78. The Morgan fingerprint density at radius 3 is 2.44 bits per heavy atom. The molecule has 0 saturated heterocycles. The van der Waals surface area contributed by atoms with Crippen molar-refractivity contribution in [2.75, 3.05) is 0 Å². The molecule has 0 unspecified atom stereocenters. The Kier molecular flexibility index (Phi) is 3.83. The van der Waals surface area contributed by atoms with Crippen LogP contribution in [0.3, 0.4) is 0 Å². The van der Waals surface area contributed by atoms with Crippen molar-refractivity contribution in [2.24, 2.45) is 0 Å². The van der Waals surface area contributed by atoms with Gasteiger partial charge < -0.3 is 5.11 Å². The summed E-state index contributed by atoms with van der Waals surface area (Å²) < 4.78 is 25.1. The van der Waals surface area contributed by atoms with E-state index < -0.39 is 35.5 Å². The van der Waals surface area contributed by atoms with Crippen LogP contribution in [0, 0.1) is 0 Å². The van der Waals surface area contributed by atoms with Gasteiger partial charge in [-0.3, -0.25) is 9.36 Å². The molecule has 0 aromatic carbocycles. The standard InChI is InChI=1S/C11H14F2N2O3/c1-11(2,3)8-7(10(17)18)9(16)15(5-14-8)4-6(12)13/h5-6H,4H2,1-3H3,(H,17,18). The molecule has 5 nitrogen and oxygen atoms in total. The van der Waals surface area contributed by atoms with E-state index in [2.05, 4.69) is 4.98 Å². The molecular weight excluding hydrogens is 246 g/mol. The Labute approximate surface area is 102 Å². The molecule has 0 aliphatic rings. The Bertz CT molecular complexity index is 518. The number of carboxylic acids is 1. The third-order valence-electron chi connectivity index (χ3n) is 2.30. The second-order valence-electron chi connectivity index (χ2n) is 4.87. The number of halogens is 2. The summed E-state index contributed by atoms with van der Waals surface area (Å²) in [6.45, 7) is 4.21. The summed E-state index contributed by atoms with van der Waals surface area (Å²) in [5.41, 5.74) is -2.07. The number of rotatable bonds is 3. The molecule has 0 aliphatic heterocycles. The lowest BCUT2D eigenvalue weighted by Crippen LogP contribution is -2.34. The lowest BCUT2D eigenvalue weighted by molar-refractivity contribution is 0.0687. The van der Waals surface area contributed by atoms with E-state index in [1.165, 1.54) is 0 Å². The van der Waals surface area contributed by atoms with Crippen molar-refractivity contribution in [3.05, 3.63) is 27.9 Å². The van der Waals surface area contributed by atoms with Gasteiger partial charge in [0.1, 0.15) is 5.56 Å². The van der Waals surface area contributed by atoms with Crippen LogP contribution in [0.2, 0.25) is 0 Å². The van der Waals surface area contributed by atoms with Crippen molar-refractivity contribution in [3.63, 3.8) is 0 Å². The maximum Gasteiger partial charge on any atom is 0.343 e. The van der Waals surface area contributed by atoms with Crippen LogP contribution in [0.1, 0.15) is 36.8 Å². The first kappa shape index (κ1) is 14.3. The first-order chi connectivity index (χ1) is 8.14.